The van der Waals surface area contributed by atoms with Crippen molar-refractivity contribution in [2.75, 3.05) is 12.3 Å². The number of nitrogens with one attached hydrogen (secondary N) is 1. The fraction of sp³-hybridized carbons (Fsp3) is 0.391. The molecule has 1 N–H and O–H groups in total. The number of benzene rings is 2. The van der Waals surface area contributed by atoms with Gasteiger partial charge in [-0.3, -0.25) is 9.59 Å². The maximum absolute atomic E-state index is 13.1. The molecular weight excluding hydrogens is 439 g/mol. The second kappa shape index (κ2) is 12.9. The minimum atomic E-state index is -0.591. The Bertz CT molecular complexity index is 847. The number of halogens is 2. The van der Waals surface area contributed by atoms with E-state index in [0.717, 1.165) is 24.0 Å². The third-order valence-electron chi connectivity index (χ3n) is 4.74. The summed E-state index contributed by atoms with van der Waals surface area (Å²) < 4.78 is 0. The van der Waals surface area contributed by atoms with Crippen LogP contribution in [0.15, 0.2) is 48.5 Å². The van der Waals surface area contributed by atoms with Gasteiger partial charge in [-0.1, -0.05) is 72.9 Å². The van der Waals surface area contributed by atoms with E-state index in [2.05, 4.69) is 12.2 Å². The van der Waals surface area contributed by atoms with Gasteiger partial charge in [0.2, 0.25) is 11.8 Å². The highest BCUT2D eigenvalue weighted by Gasteiger charge is 2.26. The molecule has 0 saturated carbocycles. The summed E-state index contributed by atoms with van der Waals surface area (Å²) in [5.74, 6) is 0.620. The minimum absolute atomic E-state index is 0.106. The fourth-order valence-corrected chi connectivity index (χ4v) is 4.27. The van der Waals surface area contributed by atoms with Gasteiger partial charge in [0.15, 0.2) is 0 Å². The molecule has 0 unspecified atom stereocenters. The molecule has 2 amide bonds. The number of carbonyl (C=O) groups excluding carboxylic acids is 2. The molecule has 0 fully saturated rings. The van der Waals surface area contributed by atoms with Crippen molar-refractivity contribution in [1.82, 2.24) is 10.2 Å². The lowest BCUT2D eigenvalue weighted by atomic mass is 10.1. The van der Waals surface area contributed by atoms with E-state index in [1.165, 1.54) is 11.8 Å². The molecule has 0 aromatic heterocycles. The van der Waals surface area contributed by atoms with Crippen molar-refractivity contribution >= 4 is 46.8 Å². The fourth-order valence-electron chi connectivity index (χ4n) is 2.88. The minimum Gasteiger partial charge on any atom is -0.354 e. The number of rotatable bonds is 11. The Morgan fingerprint density at radius 1 is 1.03 bits per heavy atom. The van der Waals surface area contributed by atoms with Crippen LogP contribution in [0.3, 0.4) is 0 Å². The number of thioether (sulfide) groups is 1. The lowest BCUT2D eigenvalue weighted by molar-refractivity contribution is -0.138. The van der Waals surface area contributed by atoms with Gasteiger partial charge in [0, 0.05) is 28.9 Å². The molecule has 4 nitrogen and oxygen atoms in total. The third-order valence-corrected chi connectivity index (χ3v) is 6.44. The first-order valence-electron chi connectivity index (χ1n) is 10.1. The zero-order valence-corrected chi connectivity index (χ0v) is 19.7. The zero-order chi connectivity index (χ0) is 21.9. The lowest BCUT2D eigenvalue weighted by Crippen LogP contribution is -2.48. The molecule has 1 atom stereocenters. The van der Waals surface area contributed by atoms with Gasteiger partial charge in [-0.2, -0.15) is 0 Å². The van der Waals surface area contributed by atoms with Gasteiger partial charge in [0.05, 0.1) is 5.75 Å². The van der Waals surface area contributed by atoms with E-state index in [1.807, 2.05) is 42.5 Å². The summed E-state index contributed by atoms with van der Waals surface area (Å²) >= 11 is 14.0. The molecule has 0 saturated heterocycles. The number of amides is 2. The molecule has 0 aliphatic heterocycles. The number of hydrogen-bond acceptors (Lipinski definition) is 3. The van der Waals surface area contributed by atoms with E-state index < -0.39 is 6.04 Å². The largest absolute Gasteiger partial charge is 0.354 e. The Balaban J connectivity index is 2.07. The number of unbranched alkanes of at least 4 members (excludes halogenated alkanes) is 1. The van der Waals surface area contributed by atoms with Crippen molar-refractivity contribution in [3.8, 4) is 0 Å². The van der Waals surface area contributed by atoms with E-state index >= 15 is 0 Å². The van der Waals surface area contributed by atoms with Crippen LogP contribution in [0.5, 0.6) is 0 Å². The van der Waals surface area contributed by atoms with Gasteiger partial charge in [0.25, 0.3) is 0 Å². The van der Waals surface area contributed by atoms with Gasteiger partial charge < -0.3 is 10.2 Å². The standard InChI is InChI=1S/C23H28Cl2N2O2S/c1-3-4-13-26-23(29)17(2)27(14-18-9-5-7-11-20(18)24)22(28)16-30-15-19-10-6-8-12-21(19)25/h5-12,17H,3-4,13-16H2,1-2H3,(H,26,29)/t17-/m0/s1. The third kappa shape index (κ3) is 7.53. The SMILES string of the molecule is CCCCNC(=O)[C@H](C)N(Cc1ccccc1Cl)C(=O)CSCc1ccccc1Cl. The van der Waals surface area contributed by atoms with Gasteiger partial charge in [0.1, 0.15) is 6.04 Å². The summed E-state index contributed by atoms with van der Waals surface area (Å²) in [6.45, 7) is 4.72. The predicted octanol–water partition coefficient (Wildman–Crippen LogP) is 5.56. The molecule has 7 heteroatoms. The Morgan fingerprint density at radius 3 is 2.23 bits per heavy atom. The molecule has 2 rings (SSSR count). The maximum atomic E-state index is 13.1. The molecule has 2 aromatic rings. The topological polar surface area (TPSA) is 49.4 Å². The van der Waals surface area contributed by atoms with Gasteiger partial charge >= 0.3 is 0 Å². The first-order valence-corrected chi connectivity index (χ1v) is 12.0. The van der Waals surface area contributed by atoms with E-state index in [-0.39, 0.29) is 24.1 Å². The van der Waals surface area contributed by atoms with Crippen LogP contribution in [0, 0.1) is 0 Å². The van der Waals surface area contributed by atoms with Crippen molar-refractivity contribution in [2.24, 2.45) is 0 Å². The molecule has 162 valence electrons. The molecule has 0 aliphatic carbocycles. The number of hydrogen-bond donors (Lipinski definition) is 1. The Morgan fingerprint density at radius 2 is 1.63 bits per heavy atom. The number of carbonyl (C=O) groups is 2. The molecule has 30 heavy (non-hydrogen) atoms. The average Bonchev–Trinajstić information content (AvgIpc) is 2.74. The van der Waals surface area contributed by atoms with Crippen molar-refractivity contribution in [2.45, 2.75) is 45.0 Å². The Hall–Kier alpha value is -1.69. The molecule has 0 aliphatic rings. The molecule has 0 bridgehead atoms. The summed E-state index contributed by atoms with van der Waals surface area (Å²) in [5.41, 5.74) is 1.80. The number of nitrogens with zero attached hydrogens (tertiary/aromatic N) is 1. The van der Waals surface area contributed by atoms with E-state index in [1.54, 1.807) is 17.9 Å². The monoisotopic (exact) mass is 466 g/mol. The van der Waals surface area contributed by atoms with Crippen LogP contribution in [0.2, 0.25) is 10.0 Å². The van der Waals surface area contributed by atoms with Crippen LogP contribution in [-0.4, -0.2) is 35.1 Å². The average molecular weight is 467 g/mol. The molecule has 2 aromatic carbocycles. The summed E-state index contributed by atoms with van der Waals surface area (Å²) in [5, 5.41) is 4.19. The van der Waals surface area contributed by atoms with Gasteiger partial charge in [-0.25, -0.2) is 0 Å². The van der Waals surface area contributed by atoms with E-state index in [0.29, 0.717) is 22.3 Å². The van der Waals surface area contributed by atoms with Gasteiger partial charge in [-0.15, -0.1) is 11.8 Å². The smallest absolute Gasteiger partial charge is 0.242 e. The molecule has 0 heterocycles. The Kier molecular flexibility index (Phi) is 10.6. The highest BCUT2D eigenvalue weighted by molar-refractivity contribution is 7.99. The lowest BCUT2D eigenvalue weighted by Gasteiger charge is -2.29. The van der Waals surface area contributed by atoms with Crippen LogP contribution in [0.25, 0.3) is 0 Å². The maximum Gasteiger partial charge on any atom is 0.242 e. The second-order valence-corrected chi connectivity index (χ2v) is 8.82. The quantitative estimate of drug-likeness (QED) is 0.440. The van der Waals surface area contributed by atoms with Crippen molar-refractivity contribution in [3.63, 3.8) is 0 Å². The zero-order valence-electron chi connectivity index (χ0n) is 17.4. The molecular formula is C23H28Cl2N2O2S. The first-order chi connectivity index (χ1) is 14.4. The van der Waals surface area contributed by atoms with Crippen LogP contribution in [0.4, 0.5) is 0 Å². The van der Waals surface area contributed by atoms with Crippen LogP contribution in [0.1, 0.15) is 37.8 Å². The molecule has 0 spiro atoms. The first kappa shape index (κ1) is 24.6. The van der Waals surface area contributed by atoms with E-state index in [9.17, 15) is 9.59 Å². The van der Waals surface area contributed by atoms with Crippen LogP contribution < -0.4 is 5.32 Å². The van der Waals surface area contributed by atoms with Crippen molar-refractivity contribution < 1.29 is 9.59 Å². The van der Waals surface area contributed by atoms with Crippen LogP contribution >= 0.6 is 35.0 Å². The summed E-state index contributed by atoms with van der Waals surface area (Å²) in [6.07, 6.45) is 1.90. The van der Waals surface area contributed by atoms with Crippen molar-refractivity contribution in [3.05, 3.63) is 69.7 Å². The van der Waals surface area contributed by atoms with E-state index in [4.69, 9.17) is 23.2 Å². The summed E-state index contributed by atoms with van der Waals surface area (Å²) in [7, 11) is 0. The summed E-state index contributed by atoms with van der Waals surface area (Å²) in [4.78, 5) is 27.3. The van der Waals surface area contributed by atoms with Crippen molar-refractivity contribution in [1.29, 1.82) is 0 Å². The summed E-state index contributed by atoms with van der Waals surface area (Å²) in [6, 6.07) is 14.4. The second-order valence-electron chi connectivity index (χ2n) is 7.02. The molecule has 0 radical (unpaired) electrons. The normalized spacial score (nSPS) is 11.7. The highest BCUT2D eigenvalue weighted by Crippen LogP contribution is 2.23. The highest BCUT2D eigenvalue weighted by atomic mass is 35.5. The predicted molar refractivity (Wildman–Crippen MR) is 127 cm³/mol. The van der Waals surface area contributed by atoms with Gasteiger partial charge in [-0.05, 0) is 36.6 Å². The van der Waals surface area contributed by atoms with Crippen LogP contribution in [-0.2, 0) is 21.9 Å². The Labute approximate surface area is 193 Å².